The van der Waals surface area contributed by atoms with E-state index < -0.39 is 0 Å². The van der Waals surface area contributed by atoms with Gasteiger partial charge in [-0.1, -0.05) is 60.6 Å². The number of hydrogen-bond acceptors (Lipinski definition) is 0. The van der Waals surface area contributed by atoms with Crippen molar-refractivity contribution in [1.29, 1.82) is 0 Å². The summed E-state index contributed by atoms with van der Waals surface area (Å²) in [5, 5.41) is 0. The second-order valence-corrected chi connectivity index (χ2v) is 14.4. The van der Waals surface area contributed by atoms with Crippen LogP contribution in [0.25, 0.3) is 0 Å². The summed E-state index contributed by atoms with van der Waals surface area (Å²) in [4.78, 5) is 0. The van der Waals surface area contributed by atoms with Gasteiger partial charge in [0.1, 0.15) is 0 Å². The lowest BCUT2D eigenvalue weighted by atomic mass is 9.31. The Hall–Kier alpha value is -0.260. The molecule has 0 aromatic heterocycles. The van der Waals surface area contributed by atoms with Crippen molar-refractivity contribution < 1.29 is 0 Å². The van der Waals surface area contributed by atoms with Gasteiger partial charge in [0, 0.05) is 0 Å². The van der Waals surface area contributed by atoms with Gasteiger partial charge in [-0.2, -0.15) is 0 Å². The molecule has 9 atom stereocenters. The Bertz CT molecular complexity index is 732. The summed E-state index contributed by atoms with van der Waals surface area (Å²) in [6.07, 6.45) is 16.0. The molecule has 0 heteroatoms. The topological polar surface area (TPSA) is 0 Å². The molecule has 0 spiro atoms. The van der Waals surface area contributed by atoms with E-state index in [1.54, 1.807) is 5.57 Å². The molecule has 30 heavy (non-hydrogen) atoms. The molecule has 0 aromatic rings. The van der Waals surface area contributed by atoms with E-state index in [9.17, 15) is 0 Å². The van der Waals surface area contributed by atoms with E-state index in [1.165, 1.54) is 70.6 Å². The van der Waals surface area contributed by atoms with Crippen molar-refractivity contribution >= 4 is 0 Å². The molecule has 5 aliphatic carbocycles. The van der Waals surface area contributed by atoms with Crippen LogP contribution in [0.5, 0.6) is 0 Å². The van der Waals surface area contributed by atoms with E-state index in [-0.39, 0.29) is 0 Å². The molecule has 0 amide bonds. The van der Waals surface area contributed by atoms with Gasteiger partial charge in [-0.3, -0.25) is 0 Å². The Kier molecular flexibility index (Phi) is 4.61. The molecular weight excluding hydrogens is 360 g/mol. The van der Waals surface area contributed by atoms with E-state index in [1.807, 2.05) is 0 Å². The third-order valence-electron chi connectivity index (χ3n) is 13.5. The van der Waals surface area contributed by atoms with Crippen LogP contribution < -0.4 is 0 Å². The highest BCUT2D eigenvalue weighted by Gasteiger charge is 2.71. The molecule has 5 aliphatic rings. The smallest absolute Gasteiger partial charge is 0.00854 e. The van der Waals surface area contributed by atoms with Crippen LogP contribution in [-0.4, -0.2) is 0 Å². The fourth-order valence-corrected chi connectivity index (χ4v) is 11.7. The highest BCUT2D eigenvalue weighted by molar-refractivity contribution is 5.24. The first-order valence-corrected chi connectivity index (χ1v) is 13.6. The Labute approximate surface area is 188 Å². The van der Waals surface area contributed by atoms with Crippen molar-refractivity contribution in [3.63, 3.8) is 0 Å². The summed E-state index contributed by atoms with van der Waals surface area (Å²) in [5.74, 6) is 4.57. The van der Waals surface area contributed by atoms with Crippen molar-refractivity contribution in [3.8, 4) is 0 Å². The molecule has 0 heterocycles. The minimum Gasteiger partial charge on any atom is -0.0993 e. The van der Waals surface area contributed by atoms with Gasteiger partial charge in [-0.05, 0) is 127 Å². The Balaban J connectivity index is 1.54. The van der Waals surface area contributed by atoms with Gasteiger partial charge in [0.05, 0.1) is 0 Å². The molecule has 5 rings (SSSR count). The van der Waals surface area contributed by atoms with Crippen molar-refractivity contribution in [2.24, 2.45) is 56.7 Å². The molecule has 5 fully saturated rings. The molecular formula is C30H50. The zero-order chi connectivity index (χ0) is 21.7. The SMILES string of the molecule is C=C1CCCC2C1(C)CCC1C2(C)CCC2(C)C3CCC(C(C)C)C3(C)CCC12C. The van der Waals surface area contributed by atoms with Gasteiger partial charge in [-0.25, -0.2) is 0 Å². The Morgan fingerprint density at radius 3 is 1.93 bits per heavy atom. The van der Waals surface area contributed by atoms with Crippen molar-refractivity contribution in [2.75, 3.05) is 0 Å². The van der Waals surface area contributed by atoms with E-state index in [0.29, 0.717) is 27.1 Å². The minimum atomic E-state index is 0.423. The van der Waals surface area contributed by atoms with E-state index in [0.717, 1.165) is 29.6 Å². The maximum absolute atomic E-state index is 4.63. The summed E-state index contributed by atoms with van der Waals surface area (Å²) in [5.41, 5.74) is 4.24. The molecule has 0 aromatic carbocycles. The largest absolute Gasteiger partial charge is 0.0993 e. The third kappa shape index (κ3) is 2.36. The quantitative estimate of drug-likeness (QED) is 0.378. The van der Waals surface area contributed by atoms with Crippen molar-refractivity contribution in [1.82, 2.24) is 0 Å². The zero-order valence-electron chi connectivity index (χ0n) is 21.4. The van der Waals surface area contributed by atoms with E-state index in [4.69, 9.17) is 0 Å². The molecule has 0 N–H and O–H groups in total. The first-order valence-electron chi connectivity index (χ1n) is 13.6. The monoisotopic (exact) mass is 410 g/mol. The van der Waals surface area contributed by atoms with Gasteiger partial charge in [0.15, 0.2) is 0 Å². The highest BCUT2D eigenvalue weighted by atomic mass is 14.8. The minimum absolute atomic E-state index is 0.423. The Morgan fingerprint density at radius 1 is 0.700 bits per heavy atom. The molecule has 170 valence electrons. The van der Waals surface area contributed by atoms with Crippen LogP contribution in [0.2, 0.25) is 0 Å². The summed E-state index contributed by atoms with van der Waals surface area (Å²) in [6.45, 7) is 23.3. The van der Waals surface area contributed by atoms with Crippen molar-refractivity contribution in [2.45, 2.75) is 119 Å². The van der Waals surface area contributed by atoms with Crippen LogP contribution in [0.4, 0.5) is 0 Å². The number of allylic oxidation sites excluding steroid dienone is 1. The molecule has 0 bridgehead atoms. The zero-order valence-corrected chi connectivity index (χ0v) is 21.4. The fraction of sp³-hybridized carbons (Fsp3) is 0.933. The second kappa shape index (κ2) is 6.41. The fourth-order valence-electron chi connectivity index (χ4n) is 11.7. The van der Waals surface area contributed by atoms with Gasteiger partial charge < -0.3 is 0 Å². The summed E-state index contributed by atoms with van der Waals surface area (Å²) in [6, 6.07) is 0. The predicted molar refractivity (Wildman–Crippen MR) is 129 cm³/mol. The van der Waals surface area contributed by atoms with Crippen LogP contribution in [0, 0.1) is 56.7 Å². The average molecular weight is 411 g/mol. The third-order valence-corrected chi connectivity index (χ3v) is 13.5. The van der Waals surface area contributed by atoms with Crippen LogP contribution in [0.15, 0.2) is 12.2 Å². The van der Waals surface area contributed by atoms with Crippen molar-refractivity contribution in [3.05, 3.63) is 12.2 Å². The van der Waals surface area contributed by atoms with E-state index in [2.05, 4.69) is 55.0 Å². The average Bonchev–Trinajstić information content (AvgIpc) is 3.04. The van der Waals surface area contributed by atoms with E-state index >= 15 is 0 Å². The number of hydrogen-bond donors (Lipinski definition) is 0. The van der Waals surface area contributed by atoms with Gasteiger partial charge >= 0.3 is 0 Å². The lowest BCUT2D eigenvalue weighted by molar-refractivity contribution is -0.236. The maximum Gasteiger partial charge on any atom is -0.00854 e. The molecule has 9 unspecified atom stereocenters. The normalized spacial score (nSPS) is 58.1. The highest BCUT2D eigenvalue weighted by Crippen LogP contribution is 2.79. The Morgan fingerprint density at radius 2 is 1.30 bits per heavy atom. The molecule has 0 aliphatic heterocycles. The molecule has 5 saturated carbocycles. The lowest BCUT2D eigenvalue weighted by Crippen LogP contribution is -2.66. The van der Waals surface area contributed by atoms with Crippen LogP contribution >= 0.6 is 0 Å². The molecule has 0 nitrogen and oxygen atoms in total. The second-order valence-electron chi connectivity index (χ2n) is 14.4. The summed E-state index contributed by atoms with van der Waals surface area (Å²) < 4.78 is 0. The summed E-state index contributed by atoms with van der Waals surface area (Å²) in [7, 11) is 0. The van der Waals surface area contributed by atoms with Crippen LogP contribution in [0.3, 0.4) is 0 Å². The maximum atomic E-state index is 4.63. The summed E-state index contributed by atoms with van der Waals surface area (Å²) >= 11 is 0. The standard InChI is InChI=1S/C30H50/c1-20(2)22-12-13-24-27(22,5)16-18-30(8)25-14-15-26(4)21(3)10-9-11-23(26)28(25,6)17-19-29(24,30)7/h20,22-25H,3,9-19H2,1-2,4-8H3. The first kappa shape index (κ1) is 21.6. The number of fused-ring (bicyclic) bond motifs is 7. The molecule has 0 radical (unpaired) electrons. The molecule has 0 saturated heterocycles. The lowest BCUT2D eigenvalue weighted by Gasteiger charge is -2.73. The number of rotatable bonds is 1. The van der Waals surface area contributed by atoms with Gasteiger partial charge in [0.2, 0.25) is 0 Å². The van der Waals surface area contributed by atoms with Gasteiger partial charge in [-0.15, -0.1) is 0 Å². The van der Waals surface area contributed by atoms with Crippen LogP contribution in [0.1, 0.15) is 119 Å². The first-order chi connectivity index (χ1) is 13.9. The van der Waals surface area contributed by atoms with Crippen LogP contribution in [-0.2, 0) is 0 Å². The van der Waals surface area contributed by atoms with Gasteiger partial charge in [0.25, 0.3) is 0 Å². The predicted octanol–water partition coefficient (Wildman–Crippen LogP) is 9.05.